The zero-order chi connectivity index (χ0) is 20.4. The molecule has 4 atom stereocenters. The molecule has 0 aromatic heterocycles. The van der Waals surface area contributed by atoms with Crippen LogP contribution in [0.2, 0.25) is 0 Å². The highest BCUT2D eigenvalue weighted by molar-refractivity contribution is 5.94. The van der Waals surface area contributed by atoms with Crippen molar-refractivity contribution < 1.29 is 34.2 Å². The van der Waals surface area contributed by atoms with Gasteiger partial charge in [-0.2, -0.15) is 0 Å². The van der Waals surface area contributed by atoms with Crippen LogP contribution in [0.3, 0.4) is 0 Å². The van der Waals surface area contributed by atoms with E-state index in [1.807, 2.05) is 6.92 Å². The average Bonchev–Trinajstić information content (AvgIpc) is 2.56. The molecule has 148 valence electrons. The highest BCUT2D eigenvalue weighted by Crippen LogP contribution is 2.06. The minimum absolute atomic E-state index is 0.174. The molecule has 0 fully saturated rings. The summed E-state index contributed by atoms with van der Waals surface area (Å²) in [5, 5.41) is 24.1. The number of hydrogen-bond acceptors (Lipinski definition) is 6. The number of hydrogen-bond donors (Lipinski definition) is 6. The second-order valence-corrected chi connectivity index (χ2v) is 5.92. The molecule has 0 saturated carbocycles. The van der Waals surface area contributed by atoms with Gasteiger partial charge in [-0.15, -0.1) is 0 Å². The molecule has 7 N–H and O–H groups in total. The molecule has 3 amide bonds. The SMILES string of the molecule is CCC(C)C(N)C(=O)NC(CC(=O)O)C(=O)NCC(=O)NC(C)C(=O)O. The Balaban J connectivity index is 4.79. The van der Waals surface area contributed by atoms with Crippen LogP contribution in [0.25, 0.3) is 0 Å². The first kappa shape index (κ1) is 23.3. The van der Waals surface area contributed by atoms with Gasteiger partial charge in [0, 0.05) is 0 Å². The van der Waals surface area contributed by atoms with Gasteiger partial charge < -0.3 is 31.9 Å². The maximum atomic E-state index is 12.1. The summed E-state index contributed by atoms with van der Waals surface area (Å²) in [6.45, 7) is 4.24. The van der Waals surface area contributed by atoms with E-state index in [1.165, 1.54) is 6.92 Å². The van der Waals surface area contributed by atoms with Crippen molar-refractivity contribution >= 4 is 29.7 Å². The van der Waals surface area contributed by atoms with Crippen molar-refractivity contribution in [1.29, 1.82) is 0 Å². The van der Waals surface area contributed by atoms with Gasteiger partial charge in [0.15, 0.2) is 0 Å². The van der Waals surface area contributed by atoms with Crippen LogP contribution in [0, 0.1) is 5.92 Å². The Kier molecular flexibility index (Phi) is 9.89. The van der Waals surface area contributed by atoms with E-state index in [9.17, 15) is 24.0 Å². The molecule has 0 aromatic carbocycles. The second-order valence-electron chi connectivity index (χ2n) is 5.92. The van der Waals surface area contributed by atoms with Gasteiger partial charge in [0.05, 0.1) is 19.0 Å². The molecule has 11 nitrogen and oxygen atoms in total. The van der Waals surface area contributed by atoms with Gasteiger partial charge in [0.25, 0.3) is 0 Å². The van der Waals surface area contributed by atoms with Crippen LogP contribution in [0.4, 0.5) is 0 Å². The number of amides is 3. The maximum Gasteiger partial charge on any atom is 0.325 e. The van der Waals surface area contributed by atoms with Crippen LogP contribution in [0.1, 0.15) is 33.6 Å². The standard InChI is InChI=1S/C15H26N4O7/c1-4-7(2)12(16)14(24)19-9(5-11(21)22)13(23)17-6-10(20)18-8(3)15(25)26/h7-9,12H,4-6,16H2,1-3H3,(H,17,23)(H,18,20)(H,19,24)(H,21,22)(H,25,26). The van der Waals surface area contributed by atoms with E-state index in [0.717, 1.165) is 0 Å². The fraction of sp³-hybridized carbons (Fsp3) is 0.667. The summed E-state index contributed by atoms with van der Waals surface area (Å²) in [4.78, 5) is 57.2. The summed E-state index contributed by atoms with van der Waals surface area (Å²) in [6, 6.07) is -3.48. The smallest absolute Gasteiger partial charge is 0.325 e. The van der Waals surface area contributed by atoms with E-state index in [1.54, 1.807) is 6.92 Å². The number of aliphatic carboxylic acids is 2. The first-order valence-electron chi connectivity index (χ1n) is 8.07. The van der Waals surface area contributed by atoms with Crippen LogP contribution in [0.5, 0.6) is 0 Å². The van der Waals surface area contributed by atoms with Gasteiger partial charge in [-0.25, -0.2) is 0 Å². The summed E-state index contributed by atoms with van der Waals surface area (Å²) in [5.41, 5.74) is 5.74. The second kappa shape index (κ2) is 11.0. The Bertz CT molecular complexity index is 552. The molecule has 0 aliphatic heterocycles. The number of nitrogens with one attached hydrogen (secondary N) is 3. The van der Waals surface area contributed by atoms with Crippen molar-refractivity contribution in [2.24, 2.45) is 11.7 Å². The summed E-state index contributed by atoms with van der Waals surface area (Å²) < 4.78 is 0. The maximum absolute atomic E-state index is 12.1. The minimum Gasteiger partial charge on any atom is -0.481 e. The molecule has 26 heavy (non-hydrogen) atoms. The van der Waals surface area contributed by atoms with E-state index in [-0.39, 0.29) is 5.92 Å². The highest BCUT2D eigenvalue weighted by Gasteiger charge is 2.28. The molecule has 4 unspecified atom stereocenters. The summed E-state index contributed by atoms with van der Waals surface area (Å²) >= 11 is 0. The fourth-order valence-corrected chi connectivity index (χ4v) is 1.81. The summed E-state index contributed by atoms with van der Waals surface area (Å²) in [5.74, 6) is -5.09. The summed E-state index contributed by atoms with van der Waals surface area (Å²) in [6.07, 6.45) is -0.0791. The lowest BCUT2D eigenvalue weighted by molar-refractivity contribution is -0.142. The normalized spacial score (nSPS) is 15.1. The van der Waals surface area contributed by atoms with Crippen LogP contribution in [-0.2, 0) is 24.0 Å². The molecule has 0 aliphatic rings. The summed E-state index contributed by atoms with van der Waals surface area (Å²) in [7, 11) is 0. The minimum atomic E-state index is -1.42. The van der Waals surface area contributed by atoms with Crippen molar-refractivity contribution in [1.82, 2.24) is 16.0 Å². The monoisotopic (exact) mass is 374 g/mol. The lowest BCUT2D eigenvalue weighted by Gasteiger charge is -2.22. The van der Waals surface area contributed by atoms with E-state index < -0.39 is 60.8 Å². The Morgan fingerprint density at radius 2 is 1.58 bits per heavy atom. The number of carboxylic acid groups (broad SMARTS) is 2. The Morgan fingerprint density at radius 3 is 2.04 bits per heavy atom. The van der Waals surface area contributed by atoms with E-state index >= 15 is 0 Å². The van der Waals surface area contributed by atoms with Gasteiger partial charge in [0.1, 0.15) is 12.1 Å². The van der Waals surface area contributed by atoms with Crippen molar-refractivity contribution in [3.63, 3.8) is 0 Å². The molecule has 0 bridgehead atoms. The van der Waals surface area contributed by atoms with Crippen LogP contribution in [0.15, 0.2) is 0 Å². The third-order valence-corrected chi connectivity index (χ3v) is 3.74. The van der Waals surface area contributed by atoms with Crippen molar-refractivity contribution in [3.8, 4) is 0 Å². The van der Waals surface area contributed by atoms with Crippen LogP contribution in [-0.4, -0.2) is 64.5 Å². The molecule has 0 heterocycles. The molecule has 11 heteroatoms. The van der Waals surface area contributed by atoms with Gasteiger partial charge in [-0.05, 0) is 12.8 Å². The zero-order valence-corrected chi connectivity index (χ0v) is 14.9. The lowest BCUT2D eigenvalue weighted by Crippen LogP contribution is -2.55. The van der Waals surface area contributed by atoms with Crippen molar-refractivity contribution in [3.05, 3.63) is 0 Å². The van der Waals surface area contributed by atoms with Crippen LogP contribution < -0.4 is 21.7 Å². The van der Waals surface area contributed by atoms with Gasteiger partial charge in [0.2, 0.25) is 17.7 Å². The number of carboxylic acids is 2. The van der Waals surface area contributed by atoms with E-state index in [2.05, 4.69) is 16.0 Å². The van der Waals surface area contributed by atoms with Gasteiger partial charge in [-0.1, -0.05) is 20.3 Å². The molecule has 0 spiro atoms. The molecule has 0 rings (SSSR count). The number of nitrogens with two attached hydrogens (primary N) is 1. The highest BCUT2D eigenvalue weighted by atomic mass is 16.4. The Hall–Kier alpha value is -2.69. The molecule has 0 saturated heterocycles. The topological polar surface area (TPSA) is 188 Å². The predicted molar refractivity (Wildman–Crippen MR) is 89.9 cm³/mol. The lowest BCUT2D eigenvalue weighted by atomic mass is 9.99. The van der Waals surface area contributed by atoms with Crippen molar-refractivity contribution in [2.75, 3.05) is 6.54 Å². The van der Waals surface area contributed by atoms with E-state index in [4.69, 9.17) is 15.9 Å². The predicted octanol–water partition coefficient (Wildman–Crippen LogP) is -1.98. The third kappa shape index (κ3) is 8.42. The number of carbonyl (C=O) groups is 5. The first-order valence-corrected chi connectivity index (χ1v) is 8.07. The first-order chi connectivity index (χ1) is 12.0. The quantitative estimate of drug-likeness (QED) is 0.240. The Morgan fingerprint density at radius 1 is 1.00 bits per heavy atom. The fourth-order valence-electron chi connectivity index (χ4n) is 1.81. The zero-order valence-electron chi connectivity index (χ0n) is 14.9. The molecule has 0 aromatic rings. The van der Waals surface area contributed by atoms with Crippen LogP contribution >= 0.6 is 0 Å². The molecule has 0 aliphatic carbocycles. The molecular formula is C15H26N4O7. The van der Waals surface area contributed by atoms with Gasteiger partial charge >= 0.3 is 11.9 Å². The van der Waals surface area contributed by atoms with Gasteiger partial charge in [-0.3, -0.25) is 24.0 Å². The largest absolute Gasteiger partial charge is 0.481 e. The number of carbonyl (C=O) groups excluding carboxylic acids is 3. The van der Waals surface area contributed by atoms with E-state index in [0.29, 0.717) is 6.42 Å². The Labute approximate surface area is 150 Å². The number of rotatable bonds is 11. The van der Waals surface area contributed by atoms with Crippen molar-refractivity contribution in [2.45, 2.75) is 51.7 Å². The third-order valence-electron chi connectivity index (χ3n) is 3.74. The average molecular weight is 374 g/mol. The molecule has 0 radical (unpaired) electrons. The molecular weight excluding hydrogens is 348 g/mol.